The molecule has 0 aromatic heterocycles. The Balaban J connectivity index is 1.68. The van der Waals surface area contributed by atoms with E-state index in [0.717, 1.165) is 11.4 Å². The predicted molar refractivity (Wildman–Crippen MR) is 117 cm³/mol. The average molecular weight is 345 g/mol. The molecule has 0 amide bonds. The van der Waals surface area contributed by atoms with Crippen LogP contribution in [-0.2, 0) is 0 Å². The lowest BCUT2D eigenvalue weighted by Gasteiger charge is -2.16. The molecule has 0 spiro atoms. The van der Waals surface area contributed by atoms with Crippen LogP contribution in [0.3, 0.4) is 0 Å². The lowest BCUT2D eigenvalue weighted by atomic mass is 9.96. The Kier molecular flexibility index (Phi) is 3.84. The SMILES string of the molecule is c1ccc(-c2c(Nc3ccc4ccccc4c3)ccc3ccccc23)cc1. The summed E-state index contributed by atoms with van der Waals surface area (Å²) in [6.07, 6.45) is 0. The zero-order valence-corrected chi connectivity index (χ0v) is 14.9. The Morgan fingerprint density at radius 3 is 2.00 bits per heavy atom. The minimum atomic E-state index is 1.10. The summed E-state index contributed by atoms with van der Waals surface area (Å²) in [4.78, 5) is 0. The third kappa shape index (κ3) is 2.94. The number of rotatable bonds is 3. The van der Waals surface area contributed by atoms with Gasteiger partial charge in [0.05, 0.1) is 0 Å². The van der Waals surface area contributed by atoms with Gasteiger partial charge in [0.2, 0.25) is 0 Å². The van der Waals surface area contributed by atoms with Crippen LogP contribution >= 0.6 is 0 Å². The number of benzene rings is 5. The first kappa shape index (κ1) is 15.7. The standard InChI is InChI=1S/C26H19N/c1-2-10-21(11-3-1)26-24-13-7-6-9-20(24)15-17-25(26)27-23-16-14-19-8-4-5-12-22(19)18-23/h1-18,27H. The molecule has 0 saturated heterocycles. The molecule has 0 bridgehead atoms. The molecule has 0 heterocycles. The second-order valence-corrected chi connectivity index (χ2v) is 6.76. The van der Waals surface area contributed by atoms with Crippen LogP contribution in [0.5, 0.6) is 0 Å². The Labute approximate surface area is 158 Å². The van der Waals surface area contributed by atoms with Crippen molar-refractivity contribution in [1.82, 2.24) is 0 Å². The molecule has 0 fully saturated rings. The van der Waals surface area contributed by atoms with E-state index in [2.05, 4.69) is 115 Å². The lowest BCUT2D eigenvalue weighted by Crippen LogP contribution is -1.94. The van der Waals surface area contributed by atoms with Gasteiger partial charge in [-0.15, -0.1) is 0 Å². The van der Waals surface area contributed by atoms with Crippen LogP contribution in [0.1, 0.15) is 0 Å². The molecule has 0 unspecified atom stereocenters. The van der Waals surface area contributed by atoms with E-state index in [1.165, 1.54) is 32.7 Å². The topological polar surface area (TPSA) is 12.0 Å². The fourth-order valence-corrected chi connectivity index (χ4v) is 3.71. The molecule has 0 aliphatic heterocycles. The first-order valence-electron chi connectivity index (χ1n) is 9.21. The quantitative estimate of drug-likeness (QED) is 0.359. The highest BCUT2D eigenvalue weighted by Gasteiger charge is 2.10. The van der Waals surface area contributed by atoms with Gasteiger partial charge >= 0.3 is 0 Å². The van der Waals surface area contributed by atoms with Crippen LogP contribution in [0.15, 0.2) is 109 Å². The van der Waals surface area contributed by atoms with E-state index in [1.807, 2.05) is 0 Å². The highest BCUT2D eigenvalue weighted by Crippen LogP contribution is 2.37. The van der Waals surface area contributed by atoms with Crippen molar-refractivity contribution in [1.29, 1.82) is 0 Å². The van der Waals surface area contributed by atoms with E-state index < -0.39 is 0 Å². The van der Waals surface area contributed by atoms with Crippen molar-refractivity contribution in [2.75, 3.05) is 5.32 Å². The van der Waals surface area contributed by atoms with Gasteiger partial charge in [-0.05, 0) is 45.3 Å². The van der Waals surface area contributed by atoms with Gasteiger partial charge < -0.3 is 5.32 Å². The molecule has 0 radical (unpaired) electrons. The Morgan fingerprint density at radius 2 is 1.15 bits per heavy atom. The monoisotopic (exact) mass is 345 g/mol. The van der Waals surface area contributed by atoms with Gasteiger partial charge in [0.15, 0.2) is 0 Å². The third-order valence-corrected chi connectivity index (χ3v) is 5.02. The van der Waals surface area contributed by atoms with E-state index in [0.29, 0.717) is 0 Å². The fraction of sp³-hybridized carbons (Fsp3) is 0. The summed E-state index contributed by atoms with van der Waals surface area (Å²) in [5.41, 5.74) is 4.68. The lowest BCUT2D eigenvalue weighted by molar-refractivity contribution is 1.57. The molecule has 0 aliphatic carbocycles. The smallest absolute Gasteiger partial charge is 0.0470 e. The zero-order chi connectivity index (χ0) is 18.1. The van der Waals surface area contributed by atoms with Crippen LogP contribution in [0.4, 0.5) is 11.4 Å². The summed E-state index contributed by atoms with van der Waals surface area (Å²) in [5.74, 6) is 0. The van der Waals surface area contributed by atoms with Crippen molar-refractivity contribution in [3.63, 3.8) is 0 Å². The van der Waals surface area contributed by atoms with Crippen molar-refractivity contribution < 1.29 is 0 Å². The van der Waals surface area contributed by atoms with Gasteiger partial charge in [-0.25, -0.2) is 0 Å². The van der Waals surface area contributed by atoms with Gasteiger partial charge in [0.25, 0.3) is 0 Å². The van der Waals surface area contributed by atoms with Crippen LogP contribution in [0.2, 0.25) is 0 Å². The summed E-state index contributed by atoms with van der Waals surface area (Å²) < 4.78 is 0. The number of anilines is 2. The van der Waals surface area contributed by atoms with Crippen LogP contribution < -0.4 is 5.32 Å². The molecular formula is C26H19N. The average Bonchev–Trinajstić information content (AvgIpc) is 2.74. The molecule has 1 N–H and O–H groups in total. The van der Waals surface area contributed by atoms with Crippen molar-refractivity contribution >= 4 is 32.9 Å². The number of hydrogen-bond acceptors (Lipinski definition) is 1. The summed E-state index contributed by atoms with van der Waals surface area (Å²) in [7, 11) is 0. The van der Waals surface area contributed by atoms with Crippen LogP contribution in [0, 0.1) is 0 Å². The largest absolute Gasteiger partial charge is 0.355 e. The maximum Gasteiger partial charge on any atom is 0.0470 e. The third-order valence-electron chi connectivity index (χ3n) is 5.02. The molecule has 0 aliphatic rings. The van der Waals surface area contributed by atoms with E-state index >= 15 is 0 Å². The maximum atomic E-state index is 3.66. The molecule has 5 aromatic rings. The van der Waals surface area contributed by atoms with Crippen LogP contribution in [0.25, 0.3) is 32.7 Å². The molecular weight excluding hydrogens is 326 g/mol. The summed E-state index contributed by atoms with van der Waals surface area (Å²) in [6.45, 7) is 0. The normalized spacial score (nSPS) is 11.0. The highest BCUT2D eigenvalue weighted by molar-refractivity contribution is 6.03. The van der Waals surface area contributed by atoms with Crippen molar-refractivity contribution in [2.45, 2.75) is 0 Å². The maximum absolute atomic E-state index is 3.66. The number of fused-ring (bicyclic) bond motifs is 2. The highest BCUT2D eigenvalue weighted by atomic mass is 14.9. The minimum absolute atomic E-state index is 1.10. The second kappa shape index (κ2) is 6.62. The minimum Gasteiger partial charge on any atom is -0.355 e. The summed E-state index contributed by atoms with van der Waals surface area (Å²) in [5, 5.41) is 8.66. The second-order valence-electron chi connectivity index (χ2n) is 6.76. The van der Waals surface area contributed by atoms with Gasteiger partial charge in [0, 0.05) is 16.9 Å². The zero-order valence-electron chi connectivity index (χ0n) is 14.9. The molecule has 0 atom stereocenters. The molecule has 1 heteroatoms. The Morgan fingerprint density at radius 1 is 0.481 bits per heavy atom. The van der Waals surface area contributed by atoms with Gasteiger partial charge in [-0.1, -0.05) is 91.0 Å². The summed E-state index contributed by atoms with van der Waals surface area (Å²) in [6, 6.07) is 38.5. The molecule has 0 saturated carbocycles. The van der Waals surface area contributed by atoms with E-state index in [9.17, 15) is 0 Å². The van der Waals surface area contributed by atoms with E-state index in [1.54, 1.807) is 0 Å². The van der Waals surface area contributed by atoms with Crippen LogP contribution in [-0.4, -0.2) is 0 Å². The molecule has 1 nitrogen and oxygen atoms in total. The molecule has 128 valence electrons. The molecule has 5 aromatic carbocycles. The number of hydrogen-bond donors (Lipinski definition) is 1. The molecule has 27 heavy (non-hydrogen) atoms. The van der Waals surface area contributed by atoms with Gasteiger partial charge in [-0.2, -0.15) is 0 Å². The van der Waals surface area contributed by atoms with Crippen molar-refractivity contribution in [3.05, 3.63) is 109 Å². The molecule has 5 rings (SSSR count). The van der Waals surface area contributed by atoms with Crippen molar-refractivity contribution in [3.8, 4) is 11.1 Å². The summed E-state index contributed by atoms with van der Waals surface area (Å²) >= 11 is 0. The fourth-order valence-electron chi connectivity index (χ4n) is 3.71. The van der Waals surface area contributed by atoms with E-state index in [-0.39, 0.29) is 0 Å². The van der Waals surface area contributed by atoms with Crippen molar-refractivity contribution in [2.24, 2.45) is 0 Å². The van der Waals surface area contributed by atoms with E-state index in [4.69, 9.17) is 0 Å². The Hall–Kier alpha value is -3.58. The van der Waals surface area contributed by atoms with Gasteiger partial charge in [-0.3, -0.25) is 0 Å². The Bertz CT molecular complexity index is 1240. The first-order valence-corrected chi connectivity index (χ1v) is 9.21. The predicted octanol–water partition coefficient (Wildman–Crippen LogP) is 7.40. The van der Waals surface area contributed by atoms with Gasteiger partial charge in [0.1, 0.15) is 0 Å². The first-order chi connectivity index (χ1) is 13.4. The number of nitrogens with one attached hydrogen (secondary N) is 1.